The zero-order chi connectivity index (χ0) is 18.1. The fourth-order valence-corrected chi connectivity index (χ4v) is 2.17. The van der Waals surface area contributed by atoms with Gasteiger partial charge in [-0.05, 0) is 25.8 Å². The average Bonchev–Trinajstić information content (AvgIpc) is 3.02. The molecule has 1 heterocycles. The summed E-state index contributed by atoms with van der Waals surface area (Å²) in [5.41, 5.74) is 1.54. The highest BCUT2D eigenvalue weighted by atomic mass is 16.6. The Morgan fingerprint density at radius 3 is 2.52 bits per heavy atom. The highest BCUT2D eigenvalue weighted by molar-refractivity contribution is 5.71. The molecule has 7 nitrogen and oxygen atoms in total. The molecule has 7 heteroatoms. The fraction of sp³-hybridized carbons (Fsp3) is 0.389. The average molecular weight is 346 g/mol. The van der Waals surface area contributed by atoms with Gasteiger partial charge in [-0.25, -0.2) is 4.79 Å². The second kappa shape index (κ2) is 9.46. The van der Waals surface area contributed by atoms with Crippen LogP contribution < -0.4 is 4.74 Å². The van der Waals surface area contributed by atoms with Gasteiger partial charge in [0, 0.05) is 18.2 Å². The second-order valence-electron chi connectivity index (χ2n) is 5.18. The highest BCUT2D eigenvalue weighted by Crippen LogP contribution is 2.18. The van der Waals surface area contributed by atoms with Gasteiger partial charge < -0.3 is 14.2 Å². The summed E-state index contributed by atoms with van der Waals surface area (Å²) in [5.74, 6) is 0.0211. The Morgan fingerprint density at radius 2 is 1.84 bits per heavy atom. The Kier molecular flexibility index (Phi) is 7.00. The van der Waals surface area contributed by atoms with Crippen molar-refractivity contribution < 1.29 is 23.8 Å². The van der Waals surface area contributed by atoms with Gasteiger partial charge in [-0.2, -0.15) is 4.68 Å². The lowest BCUT2D eigenvalue weighted by Gasteiger charge is -2.04. The maximum Gasteiger partial charge on any atom is 0.435 e. The standard InChI is InChI=1S/C18H22N2O5/c1-3-23-16(21)11-10-15-12-20(19-17(15)24-4-2)18(22)25-13-14-8-6-5-7-9-14/h5-9,12H,3-4,10-11,13H2,1-2H3. The van der Waals surface area contributed by atoms with Gasteiger partial charge in [0.1, 0.15) is 6.61 Å². The second-order valence-corrected chi connectivity index (χ2v) is 5.18. The van der Waals surface area contributed by atoms with E-state index in [1.807, 2.05) is 37.3 Å². The lowest BCUT2D eigenvalue weighted by molar-refractivity contribution is -0.143. The predicted octanol–water partition coefficient (Wildman–Crippen LogP) is 2.96. The molecule has 0 fully saturated rings. The molecule has 0 aliphatic rings. The van der Waals surface area contributed by atoms with Gasteiger partial charge in [0.25, 0.3) is 0 Å². The molecule has 2 aromatic rings. The van der Waals surface area contributed by atoms with Crippen LogP contribution in [0.15, 0.2) is 36.5 Å². The van der Waals surface area contributed by atoms with Crippen molar-refractivity contribution in [2.75, 3.05) is 13.2 Å². The van der Waals surface area contributed by atoms with Gasteiger partial charge in [0.05, 0.1) is 13.2 Å². The minimum Gasteiger partial charge on any atom is -0.477 e. The van der Waals surface area contributed by atoms with E-state index in [1.165, 1.54) is 6.20 Å². The molecule has 0 atom stereocenters. The summed E-state index contributed by atoms with van der Waals surface area (Å²) in [6, 6.07) is 9.37. The van der Waals surface area contributed by atoms with Crippen LogP contribution in [0.1, 0.15) is 31.4 Å². The molecule has 0 radical (unpaired) electrons. The van der Waals surface area contributed by atoms with Crippen molar-refractivity contribution in [3.05, 3.63) is 47.7 Å². The number of hydrogen-bond acceptors (Lipinski definition) is 6. The zero-order valence-electron chi connectivity index (χ0n) is 14.4. The summed E-state index contributed by atoms with van der Waals surface area (Å²) in [5, 5.41) is 4.10. The Labute approximate surface area is 146 Å². The minimum atomic E-state index is -0.604. The Morgan fingerprint density at radius 1 is 1.08 bits per heavy atom. The Bertz CT molecular complexity index is 697. The van der Waals surface area contributed by atoms with Crippen molar-refractivity contribution in [3.8, 4) is 5.88 Å². The van der Waals surface area contributed by atoms with Crippen molar-refractivity contribution in [3.63, 3.8) is 0 Å². The van der Waals surface area contributed by atoms with Crippen LogP contribution in [-0.4, -0.2) is 35.1 Å². The summed E-state index contributed by atoms with van der Waals surface area (Å²) in [7, 11) is 0. The third kappa shape index (κ3) is 5.63. The van der Waals surface area contributed by atoms with Crippen LogP contribution in [0.25, 0.3) is 0 Å². The number of ether oxygens (including phenoxy) is 3. The quantitative estimate of drug-likeness (QED) is 0.684. The SMILES string of the molecule is CCOC(=O)CCc1cn(C(=O)OCc2ccccc2)nc1OCC. The molecule has 0 N–H and O–H groups in total. The number of nitrogens with zero attached hydrogens (tertiary/aromatic N) is 2. The number of aromatic nitrogens is 2. The molecular weight excluding hydrogens is 324 g/mol. The van der Waals surface area contributed by atoms with Crippen molar-refractivity contribution >= 4 is 12.1 Å². The van der Waals surface area contributed by atoms with Crippen molar-refractivity contribution in [2.45, 2.75) is 33.3 Å². The first-order valence-electron chi connectivity index (χ1n) is 8.22. The van der Waals surface area contributed by atoms with Gasteiger partial charge in [-0.15, -0.1) is 5.10 Å². The van der Waals surface area contributed by atoms with Crippen LogP contribution in [0.4, 0.5) is 4.79 Å². The van der Waals surface area contributed by atoms with E-state index in [9.17, 15) is 9.59 Å². The van der Waals surface area contributed by atoms with E-state index in [0.717, 1.165) is 10.2 Å². The normalized spacial score (nSPS) is 10.3. The van der Waals surface area contributed by atoms with Crippen LogP contribution in [0, 0.1) is 0 Å². The Balaban J connectivity index is 2.00. The largest absolute Gasteiger partial charge is 0.477 e. The van der Waals surface area contributed by atoms with Crippen LogP contribution in [0.3, 0.4) is 0 Å². The number of hydrogen-bond donors (Lipinski definition) is 0. The van der Waals surface area contributed by atoms with Gasteiger partial charge in [-0.1, -0.05) is 30.3 Å². The van der Waals surface area contributed by atoms with Gasteiger partial charge in [0.2, 0.25) is 5.88 Å². The van der Waals surface area contributed by atoms with E-state index in [0.29, 0.717) is 31.1 Å². The molecule has 134 valence electrons. The molecule has 0 saturated carbocycles. The van der Waals surface area contributed by atoms with Crippen molar-refractivity contribution in [2.24, 2.45) is 0 Å². The first-order chi connectivity index (χ1) is 12.1. The van der Waals surface area contributed by atoms with Crippen molar-refractivity contribution in [1.29, 1.82) is 0 Å². The highest BCUT2D eigenvalue weighted by Gasteiger charge is 2.17. The molecule has 1 aromatic heterocycles. The van der Waals surface area contributed by atoms with Crippen LogP contribution in [-0.2, 0) is 27.3 Å². The van der Waals surface area contributed by atoms with E-state index in [-0.39, 0.29) is 19.0 Å². The molecule has 0 aliphatic carbocycles. The zero-order valence-corrected chi connectivity index (χ0v) is 14.4. The van der Waals surface area contributed by atoms with E-state index >= 15 is 0 Å². The molecule has 0 aliphatic heterocycles. The minimum absolute atomic E-state index is 0.154. The first kappa shape index (κ1) is 18.5. The molecule has 0 unspecified atom stereocenters. The molecular formula is C18H22N2O5. The lowest BCUT2D eigenvalue weighted by atomic mass is 10.2. The molecule has 0 spiro atoms. The van der Waals surface area contributed by atoms with Gasteiger partial charge >= 0.3 is 12.1 Å². The number of carbonyl (C=O) groups is 2. The summed E-state index contributed by atoms with van der Waals surface area (Å²) in [4.78, 5) is 23.7. The Hall–Kier alpha value is -2.83. The van der Waals surface area contributed by atoms with Gasteiger partial charge in [-0.3, -0.25) is 4.79 Å². The topological polar surface area (TPSA) is 79.7 Å². The molecule has 25 heavy (non-hydrogen) atoms. The van der Waals surface area contributed by atoms with Crippen molar-refractivity contribution in [1.82, 2.24) is 9.78 Å². The van der Waals surface area contributed by atoms with Crippen LogP contribution in [0.5, 0.6) is 5.88 Å². The summed E-state index contributed by atoms with van der Waals surface area (Å²) >= 11 is 0. The van der Waals surface area contributed by atoms with Crippen LogP contribution in [0.2, 0.25) is 0 Å². The number of benzene rings is 1. The summed E-state index contributed by atoms with van der Waals surface area (Å²) < 4.78 is 16.7. The maximum absolute atomic E-state index is 12.2. The predicted molar refractivity (Wildman–Crippen MR) is 90.4 cm³/mol. The summed E-state index contributed by atoms with van der Waals surface area (Å²) in [6.07, 6.45) is 1.49. The number of esters is 1. The maximum atomic E-state index is 12.2. The lowest BCUT2D eigenvalue weighted by Crippen LogP contribution is -2.14. The van der Waals surface area contributed by atoms with E-state index in [2.05, 4.69) is 5.10 Å². The fourth-order valence-electron chi connectivity index (χ4n) is 2.17. The molecule has 0 amide bonds. The van der Waals surface area contributed by atoms with Gasteiger partial charge in [0.15, 0.2) is 0 Å². The van der Waals surface area contributed by atoms with Crippen LogP contribution >= 0.6 is 0 Å². The third-order valence-corrected chi connectivity index (χ3v) is 3.33. The number of rotatable bonds is 8. The molecule has 1 aromatic carbocycles. The van der Waals surface area contributed by atoms with E-state index in [4.69, 9.17) is 14.2 Å². The molecule has 0 bridgehead atoms. The summed E-state index contributed by atoms with van der Waals surface area (Å²) in [6.45, 7) is 4.47. The first-order valence-corrected chi connectivity index (χ1v) is 8.22. The smallest absolute Gasteiger partial charge is 0.435 e. The monoisotopic (exact) mass is 346 g/mol. The third-order valence-electron chi connectivity index (χ3n) is 3.33. The van der Waals surface area contributed by atoms with E-state index < -0.39 is 6.09 Å². The molecule has 0 saturated heterocycles. The van der Waals surface area contributed by atoms with E-state index in [1.54, 1.807) is 6.92 Å². The molecule has 2 rings (SSSR count). The number of carbonyl (C=O) groups excluding carboxylic acids is 2. The number of aryl methyl sites for hydroxylation is 1.